The van der Waals surface area contributed by atoms with Crippen molar-refractivity contribution in [2.45, 2.75) is 0 Å². The van der Waals surface area contributed by atoms with Crippen molar-refractivity contribution in [2.75, 3.05) is 7.11 Å². The van der Waals surface area contributed by atoms with Crippen LogP contribution in [0.1, 0.15) is 15.9 Å². The van der Waals surface area contributed by atoms with Crippen molar-refractivity contribution in [3.63, 3.8) is 0 Å². The largest absolute Gasteiger partial charge is 0.497 e. The number of hydrogen-bond acceptors (Lipinski definition) is 3. The van der Waals surface area contributed by atoms with E-state index in [1.54, 1.807) is 37.6 Å². The van der Waals surface area contributed by atoms with Crippen LogP contribution in [0.3, 0.4) is 0 Å². The van der Waals surface area contributed by atoms with Crippen LogP contribution in [0.4, 0.5) is 0 Å². The number of rotatable bonds is 4. The number of carbonyl (C=O) groups is 1. The topological polar surface area (TPSA) is 50.7 Å². The summed E-state index contributed by atoms with van der Waals surface area (Å²) in [6.45, 7) is 0. The second kappa shape index (κ2) is 7.30. The summed E-state index contributed by atoms with van der Waals surface area (Å²) in [4.78, 5) is 12.3. The molecule has 4 rings (SSSR count). The molecule has 0 saturated carbocycles. The van der Waals surface area contributed by atoms with Crippen LogP contribution in [-0.4, -0.2) is 19.2 Å². The molecule has 0 aliphatic rings. The number of amides is 1. The summed E-state index contributed by atoms with van der Waals surface area (Å²) in [5, 5.41) is 8.76. The maximum atomic E-state index is 12.3. The number of carbonyl (C=O) groups excluding carboxylic acids is 1. The average Bonchev–Trinajstić information content (AvgIpc) is 2.73. The number of ether oxygens (including phenoxy) is 1. The summed E-state index contributed by atoms with van der Waals surface area (Å²) in [6, 6.07) is 25.5. The molecule has 0 radical (unpaired) electrons. The molecule has 0 spiro atoms. The summed E-state index contributed by atoms with van der Waals surface area (Å²) in [5.74, 6) is 0.349. The predicted molar refractivity (Wildman–Crippen MR) is 110 cm³/mol. The highest BCUT2D eigenvalue weighted by molar-refractivity contribution is 6.14. The fourth-order valence-electron chi connectivity index (χ4n) is 3.18. The first kappa shape index (κ1) is 16.8. The maximum Gasteiger partial charge on any atom is 0.271 e. The second-order valence-corrected chi connectivity index (χ2v) is 6.16. The second-order valence-electron chi connectivity index (χ2n) is 6.16. The molecule has 0 saturated heterocycles. The van der Waals surface area contributed by atoms with E-state index in [2.05, 4.69) is 40.9 Å². The molecule has 0 aliphatic heterocycles. The smallest absolute Gasteiger partial charge is 0.271 e. The molecule has 4 nitrogen and oxygen atoms in total. The fraction of sp³-hybridized carbons (Fsp3) is 0.0435. The molecule has 27 heavy (non-hydrogen) atoms. The van der Waals surface area contributed by atoms with Crippen molar-refractivity contribution in [1.82, 2.24) is 5.43 Å². The molecule has 1 amide bonds. The molecule has 0 fully saturated rings. The Labute approximate surface area is 157 Å². The van der Waals surface area contributed by atoms with Crippen LogP contribution in [0.5, 0.6) is 5.75 Å². The van der Waals surface area contributed by atoms with Crippen molar-refractivity contribution in [1.29, 1.82) is 0 Å². The molecule has 0 unspecified atom stereocenters. The van der Waals surface area contributed by atoms with Gasteiger partial charge in [-0.25, -0.2) is 5.43 Å². The van der Waals surface area contributed by atoms with Crippen molar-refractivity contribution < 1.29 is 9.53 Å². The van der Waals surface area contributed by atoms with Gasteiger partial charge in [0, 0.05) is 11.1 Å². The number of nitrogens with one attached hydrogen (secondary N) is 1. The number of methoxy groups -OCH3 is 1. The Balaban J connectivity index is 1.65. The lowest BCUT2D eigenvalue weighted by atomic mass is 9.98. The average molecular weight is 354 g/mol. The van der Waals surface area contributed by atoms with Gasteiger partial charge in [-0.15, -0.1) is 0 Å². The molecular formula is C23H18N2O2. The quantitative estimate of drug-likeness (QED) is 0.326. The van der Waals surface area contributed by atoms with Gasteiger partial charge in [-0.3, -0.25) is 4.79 Å². The van der Waals surface area contributed by atoms with Gasteiger partial charge in [0.2, 0.25) is 0 Å². The van der Waals surface area contributed by atoms with Crippen LogP contribution >= 0.6 is 0 Å². The zero-order valence-corrected chi connectivity index (χ0v) is 14.8. The number of hydrazone groups is 1. The Bertz CT molecular complexity index is 1170. The summed E-state index contributed by atoms with van der Waals surface area (Å²) in [7, 11) is 1.57. The van der Waals surface area contributed by atoms with Gasteiger partial charge in [-0.2, -0.15) is 5.10 Å². The van der Waals surface area contributed by atoms with E-state index in [4.69, 9.17) is 4.74 Å². The lowest BCUT2D eigenvalue weighted by Gasteiger charge is -2.07. The third-order valence-electron chi connectivity index (χ3n) is 4.50. The van der Waals surface area contributed by atoms with Crippen molar-refractivity contribution in [2.24, 2.45) is 5.10 Å². The Morgan fingerprint density at radius 1 is 0.889 bits per heavy atom. The van der Waals surface area contributed by atoms with Gasteiger partial charge in [0.05, 0.1) is 13.3 Å². The highest BCUT2D eigenvalue weighted by Gasteiger charge is 2.07. The Morgan fingerprint density at radius 3 is 2.44 bits per heavy atom. The maximum absolute atomic E-state index is 12.3. The van der Waals surface area contributed by atoms with Gasteiger partial charge in [-0.05, 0) is 45.8 Å². The first-order valence-corrected chi connectivity index (χ1v) is 8.64. The third-order valence-corrected chi connectivity index (χ3v) is 4.50. The van der Waals surface area contributed by atoms with E-state index in [1.807, 2.05) is 24.3 Å². The van der Waals surface area contributed by atoms with Crippen LogP contribution in [0.15, 0.2) is 84.0 Å². The van der Waals surface area contributed by atoms with Gasteiger partial charge >= 0.3 is 0 Å². The third kappa shape index (κ3) is 3.37. The van der Waals surface area contributed by atoms with E-state index < -0.39 is 0 Å². The van der Waals surface area contributed by atoms with E-state index in [1.165, 1.54) is 5.39 Å². The van der Waals surface area contributed by atoms with Crippen LogP contribution in [0.2, 0.25) is 0 Å². The number of hydrogen-bond donors (Lipinski definition) is 1. The minimum atomic E-state index is -0.282. The van der Waals surface area contributed by atoms with E-state index >= 15 is 0 Å². The molecule has 4 heteroatoms. The van der Waals surface area contributed by atoms with Crippen LogP contribution < -0.4 is 10.2 Å². The van der Waals surface area contributed by atoms with Gasteiger partial charge in [-0.1, -0.05) is 54.6 Å². The van der Waals surface area contributed by atoms with Crippen LogP contribution in [0.25, 0.3) is 21.5 Å². The van der Waals surface area contributed by atoms with Gasteiger partial charge < -0.3 is 4.74 Å². The van der Waals surface area contributed by atoms with Crippen molar-refractivity contribution >= 4 is 33.7 Å². The van der Waals surface area contributed by atoms with Crippen molar-refractivity contribution in [3.8, 4) is 5.75 Å². The molecule has 4 aromatic carbocycles. The monoisotopic (exact) mass is 354 g/mol. The molecule has 0 aromatic heterocycles. The number of nitrogens with zero attached hydrogens (tertiary/aromatic N) is 1. The first-order valence-electron chi connectivity index (χ1n) is 8.64. The molecule has 0 bridgehead atoms. The highest BCUT2D eigenvalue weighted by atomic mass is 16.5. The molecule has 0 heterocycles. The zero-order chi connectivity index (χ0) is 18.6. The van der Waals surface area contributed by atoms with Crippen molar-refractivity contribution in [3.05, 3.63) is 90.0 Å². The van der Waals surface area contributed by atoms with Gasteiger partial charge in [0.15, 0.2) is 0 Å². The zero-order valence-electron chi connectivity index (χ0n) is 14.8. The lowest BCUT2D eigenvalue weighted by Crippen LogP contribution is -2.17. The Morgan fingerprint density at radius 2 is 1.63 bits per heavy atom. The van der Waals surface area contributed by atoms with Crippen LogP contribution in [0, 0.1) is 0 Å². The fourth-order valence-corrected chi connectivity index (χ4v) is 3.18. The van der Waals surface area contributed by atoms with E-state index in [0.29, 0.717) is 11.3 Å². The van der Waals surface area contributed by atoms with Crippen LogP contribution in [-0.2, 0) is 0 Å². The predicted octanol–water partition coefficient (Wildman–Crippen LogP) is 4.77. The molecule has 132 valence electrons. The molecule has 0 atom stereocenters. The number of fused-ring (bicyclic) bond motifs is 3. The Hall–Kier alpha value is -3.66. The highest BCUT2D eigenvalue weighted by Crippen LogP contribution is 2.27. The van der Waals surface area contributed by atoms with Gasteiger partial charge in [0.1, 0.15) is 5.75 Å². The summed E-state index contributed by atoms with van der Waals surface area (Å²) in [6.07, 6.45) is 1.69. The standard InChI is InChI=1S/C23H18N2O2/c1-27-19-9-6-8-17(14-19)23(26)25-24-15-18-13-16-7-2-3-10-20(16)22-12-5-4-11-21(18)22/h2-15H,1H3,(H,25,26)/b24-15+. The molecule has 1 N–H and O–H groups in total. The minimum Gasteiger partial charge on any atom is -0.497 e. The molecular weight excluding hydrogens is 336 g/mol. The normalized spacial score (nSPS) is 11.1. The van der Waals surface area contributed by atoms with E-state index in [-0.39, 0.29) is 5.91 Å². The summed E-state index contributed by atoms with van der Waals surface area (Å²) < 4.78 is 5.15. The lowest BCUT2D eigenvalue weighted by molar-refractivity contribution is 0.0955. The Kier molecular flexibility index (Phi) is 4.54. The summed E-state index contributed by atoms with van der Waals surface area (Å²) in [5.41, 5.74) is 4.04. The summed E-state index contributed by atoms with van der Waals surface area (Å²) >= 11 is 0. The van der Waals surface area contributed by atoms with Gasteiger partial charge in [0.25, 0.3) is 5.91 Å². The minimum absolute atomic E-state index is 0.282. The molecule has 4 aromatic rings. The van der Waals surface area contributed by atoms with E-state index in [9.17, 15) is 4.79 Å². The first-order chi connectivity index (χ1) is 13.3. The number of benzene rings is 4. The van der Waals surface area contributed by atoms with E-state index in [0.717, 1.165) is 21.7 Å². The SMILES string of the molecule is COc1cccc(C(=O)N/N=C/c2cc3ccccc3c3ccccc23)c1. The molecule has 0 aliphatic carbocycles.